The molecule has 0 saturated carbocycles. The predicted molar refractivity (Wildman–Crippen MR) is 98.9 cm³/mol. The van der Waals surface area contributed by atoms with Gasteiger partial charge in [0.25, 0.3) is 5.91 Å². The number of amides is 1. The van der Waals surface area contributed by atoms with Gasteiger partial charge in [-0.25, -0.2) is 4.68 Å². The summed E-state index contributed by atoms with van der Waals surface area (Å²) in [7, 11) is 4.87. The van der Waals surface area contributed by atoms with E-state index in [1.807, 2.05) is 36.5 Å². The maximum Gasteiger partial charge on any atom is 0.257 e. The summed E-state index contributed by atoms with van der Waals surface area (Å²) in [4.78, 5) is 14.4. The molecule has 0 unspecified atom stereocenters. The molecule has 1 heterocycles. The maximum atomic E-state index is 12.8. The van der Waals surface area contributed by atoms with Gasteiger partial charge in [-0.05, 0) is 24.3 Å². The molecular weight excluding hydrogens is 330 g/mol. The lowest BCUT2D eigenvalue weighted by Crippen LogP contribution is -2.26. The summed E-state index contributed by atoms with van der Waals surface area (Å²) < 4.78 is 12.3. The third-order valence-electron chi connectivity index (χ3n) is 4.06. The van der Waals surface area contributed by atoms with E-state index in [1.165, 1.54) is 7.11 Å². The van der Waals surface area contributed by atoms with Gasteiger partial charge >= 0.3 is 0 Å². The van der Waals surface area contributed by atoms with E-state index in [1.54, 1.807) is 48.1 Å². The topological polar surface area (TPSA) is 56.6 Å². The molecule has 3 rings (SSSR count). The lowest BCUT2D eigenvalue weighted by molar-refractivity contribution is 0.0781. The molecule has 0 aliphatic rings. The Morgan fingerprint density at radius 2 is 1.88 bits per heavy atom. The predicted octanol–water partition coefficient (Wildman–Crippen LogP) is 3.16. The number of ether oxygens (including phenoxy) is 2. The van der Waals surface area contributed by atoms with Gasteiger partial charge in [-0.1, -0.05) is 18.2 Å². The zero-order valence-electron chi connectivity index (χ0n) is 15.0. The van der Waals surface area contributed by atoms with Gasteiger partial charge < -0.3 is 14.4 Å². The normalized spacial score (nSPS) is 10.4. The van der Waals surface area contributed by atoms with E-state index in [9.17, 15) is 4.79 Å². The van der Waals surface area contributed by atoms with E-state index in [2.05, 4.69) is 5.10 Å². The average Bonchev–Trinajstić information content (AvgIpc) is 3.16. The van der Waals surface area contributed by atoms with Crippen LogP contribution in [0.5, 0.6) is 11.5 Å². The second-order valence-electron chi connectivity index (χ2n) is 5.86. The summed E-state index contributed by atoms with van der Waals surface area (Å²) in [5, 5.41) is 4.37. The number of para-hydroxylation sites is 1. The van der Waals surface area contributed by atoms with Crippen molar-refractivity contribution in [3.63, 3.8) is 0 Å². The van der Waals surface area contributed by atoms with E-state index < -0.39 is 0 Å². The minimum absolute atomic E-state index is 0.128. The molecular formula is C20H21N3O3. The van der Waals surface area contributed by atoms with Crippen LogP contribution in [-0.4, -0.2) is 41.9 Å². The molecule has 0 radical (unpaired) electrons. The van der Waals surface area contributed by atoms with Gasteiger partial charge in [-0.15, -0.1) is 0 Å². The molecule has 0 bridgehead atoms. The number of hydrogen-bond acceptors (Lipinski definition) is 4. The molecule has 26 heavy (non-hydrogen) atoms. The highest BCUT2D eigenvalue weighted by Gasteiger charge is 2.18. The molecule has 1 amide bonds. The molecule has 0 spiro atoms. The van der Waals surface area contributed by atoms with Crippen LogP contribution < -0.4 is 9.47 Å². The summed E-state index contributed by atoms with van der Waals surface area (Å²) in [5.41, 5.74) is 2.41. The fourth-order valence-electron chi connectivity index (χ4n) is 2.69. The SMILES string of the molecule is COc1ccc(C(=O)N(C)Cc2cnn(-c3ccccc3)c2)c(OC)c1. The lowest BCUT2D eigenvalue weighted by atomic mass is 10.1. The highest BCUT2D eigenvalue weighted by Crippen LogP contribution is 2.26. The van der Waals surface area contributed by atoms with Crippen LogP contribution in [0.3, 0.4) is 0 Å². The van der Waals surface area contributed by atoms with Gasteiger partial charge in [0.05, 0.1) is 31.7 Å². The van der Waals surface area contributed by atoms with Crippen molar-refractivity contribution in [1.82, 2.24) is 14.7 Å². The van der Waals surface area contributed by atoms with Gasteiger partial charge in [0.2, 0.25) is 0 Å². The molecule has 2 aromatic carbocycles. The molecule has 0 saturated heterocycles. The first-order valence-electron chi connectivity index (χ1n) is 8.19. The number of carbonyl (C=O) groups is 1. The minimum atomic E-state index is -0.128. The summed E-state index contributed by atoms with van der Waals surface area (Å²) >= 11 is 0. The monoisotopic (exact) mass is 351 g/mol. The fraction of sp³-hybridized carbons (Fsp3) is 0.200. The number of benzene rings is 2. The zero-order chi connectivity index (χ0) is 18.5. The molecule has 0 N–H and O–H groups in total. The van der Waals surface area contributed by atoms with Crippen LogP contribution in [0, 0.1) is 0 Å². The van der Waals surface area contributed by atoms with Crippen molar-refractivity contribution in [3.05, 3.63) is 72.1 Å². The molecule has 0 aliphatic carbocycles. The quantitative estimate of drug-likeness (QED) is 0.684. The Kier molecular flexibility index (Phi) is 5.22. The van der Waals surface area contributed by atoms with Crippen LogP contribution in [0.25, 0.3) is 5.69 Å². The van der Waals surface area contributed by atoms with Crippen molar-refractivity contribution >= 4 is 5.91 Å². The maximum absolute atomic E-state index is 12.8. The third-order valence-corrected chi connectivity index (χ3v) is 4.06. The number of nitrogens with zero attached hydrogens (tertiary/aromatic N) is 3. The molecule has 6 nitrogen and oxygen atoms in total. The van der Waals surface area contributed by atoms with Crippen molar-refractivity contribution in [2.75, 3.05) is 21.3 Å². The lowest BCUT2D eigenvalue weighted by Gasteiger charge is -2.18. The molecule has 0 fully saturated rings. The van der Waals surface area contributed by atoms with E-state index >= 15 is 0 Å². The summed E-state index contributed by atoms with van der Waals surface area (Å²) in [6.45, 7) is 0.445. The molecule has 0 aliphatic heterocycles. The second-order valence-corrected chi connectivity index (χ2v) is 5.86. The van der Waals surface area contributed by atoms with Crippen LogP contribution in [0.1, 0.15) is 15.9 Å². The highest BCUT2D eigenvalue weighted by molar-refractivity contribution is 5.97. The van der Waals surface area contributed by atoms with Gasteiger partial charge in [0, 0.05) is 31.4 Å². The fourth-order valence-corrected chi connectivity index (χ4v) is 2.69. The van der Waals surface area contributed by atoms with Crippen molar-refractivity contribution in [2.45, 2.75) is 6.54 Å². The number of methoxy groups -OCH3 is 2. The number of aromatic nitrogens is 2. The van der Waals surface area contributed by atoms with Crippen LogP contribution in [0.4, 0.5) is 0 Å². The van der Waals surface area contributed by atoms with Crippen molar-refractivity contribution in [2.24, 2.45) is 0 Å². The van der Waals surface area contributed by atoms with Crippen molar-refractivity contribution < 1.29 is 14.3 Å². The van der Waals surface area contributed by atoms with E-state index in [0.29, 0.717) is 23.6 Å². The second kappa shape index (κ2) is 7.74. The Labute approximate surface area is 152 Å². The first-order chi connectivity index (χ1) is 12.6. The van der Waals surface area contributed by atoms with Crippen LogP contribution in [0.2, 0.25) is 0 Å². The third kappa shape index (κ3) is 3.69. The number of rotatable bonds is 6. The molecule has 134 valence electrons. The molecule has 6 heteroatoms. The summed E-state index contributed by atoms with van der Waals surface area (Å²) in [6, 6.07) is 15.0. The minimum Gasteiger partial charge on any atom is -0.497 e. The Balaban J connectivity index is 1.75. The Hall–Kier alpha value is -3.28. The first kappa shape index (κ1) is 17.5. The standard InChI is InChI=1S/C20H21N3O3/c1-22(20(24)18-10-9-17(25-2)11-19(18)26-3)13-15-12-21-23(14-15)16-7-5-4-6-8-16/h4-12,14H,13H2,1-3H3. The Bertz CT molecular complexity index is 890. The first-order valence-corrected chi connectivity index (χ1v) is 8.19. The highest BCUT2D eigenvalue weighted by atomic mass is 16.5. The van der Waals surface area contributed by atoms with E-state index in [4.69, 9.17) is 9.47 Å². The van der Waals surface area contributed by atoms with E-state index in [0.717, 1.165) is 11.3 Å². The Morgan fingerprint density at radius 3 is 2.58 bits per heavy atom. The molecule has 0 atom stereocenters. The van der Waals surface area contributed by atoms with Crippen LogP contribution in [-0.2, 0) is 6.54 Å². The zero-order valence-corrected chi connectivity index (χ0v) is 15.0. The number of carbonyl (C=O) groups excluding carboxylic acids is 1. The van der Waals surface area contributed by atoms with Crippen LogP contribution >= 0.6 is 0 Å². The molecule has 3 aromatic rings. The Morgan fingerprint density at radius 1 is 1.12 bits per heavy atom. The van der Waals surface area contributed by atoms with Gasteiger partial charge in [-0.3, -0.25) is 4.79 Å². The largest absolute Gasteiger partial charge is 0.497 e. The van der Waals surface area contributed by atoms with E-state index in [-0.39, 0.29) is 5.91 Å². The molecule has 1 aromatic heterocycles. The van der Waals surface area contributed by atoms with Gasteiger partial charge in [0.1, 0.15) is 11.5 Å². The van der Waals surface area contributed by atoms with Crippen LogP contribution in [0.15, 0.2) is 60.9 Å². The van der Waals surface area contributed by atoms with Crippen molar-refractivity contribution in [1.29, 1.82) is 0 Å². The number of hydrogen-bond donors (Lipinski definition) is 0. The summed E-state index contributed by atoms with van der Waals surface area (Å²) in [6.07, 6.45) is 3.69. The van der Waals surface area contributed by atoms with Gasteiger partial charge in [0.15, 0.2) is 0 Å². The smallest absolute Gasteiger partial charge is 0.257 e. The summed E-state index contributed by atoms with van der Waals surface area (Å²) in [5.74, 6) is 1.00. The average molecular weight is 351 g/mol. The van der Waals surface area contributed by atoms with Gasteiger partial charge in [-0.2, -0.15) is 5.10 Å². The van der Waals surface area contributed by atoms with Crippen molar-refractivity contribution in [3.8, 4) is 17.2 Å².